The van der Waals surface area contributed by atoms with Crippen molar-refractivity contribution in [2.24, 2.45) is 0 Å². The van der Waals surface area contributed by atoms with Crippen LogP contribution in [0, 0.1) is 0 Å². The summed E-state index contributed by atoms with van der Waals surface area (Å²) in [5.74, 6) is -0.839. The molecule has 0 radical (unpaired) electrons. The number of hydrogen-bond donors (Lipinski definition) is 0. The fraction of sp³-hybridized carbons (Fsp3) is 0.957. The van der Waals surface area contributed by atoms with Crippen molar-refractivity contribution < 1.29 is 28.6 Å². The number of carbonyl (C=O) groups is 3. The fourth-order valence-corrected chi connectivity index (χ4v) is 10.9. The van der Waals surface area contributed by atoms with Gasteiger partial charge in [0.1, 0.15) is 13.2 Å². The monoisotopic (exact) mass is 1060 g/mol. The largest absolute Gasteiger partial charge is 0.462 e. The Morgan fingerprint density at radius 3 is 0.533 bits per heavy atom. The molecule has 0 aliphatic heterocycles. The van der Waals surface area contributed by atoms with E-state index in [-0.39, 0.29) is 31.1 Å². The number of esters is 3. The molecule has 0 aliphatic carbocycles. The zero-order valence-electron chi connectivity index (χ0n) is 51.4. The molecule has 75 heavy (non-hydrogen) atoms. The summed E-state index contributed by atoms with van der Waals surface area (Å²) >= 11 is 0. The Hall–Kier alpha value is -1.59. The van der Waals surface area contributed by atoms with Crippen LogP contribution in [0.5, 0.6) is 0 Å². The second-order valence-electron chi connectivity index (χ2n) is 23.8. The van der Waals surface area contributed by atoms with Crippen LogP contribution < -0.4 is 0 Å². The van der Waals surface area contributed by atoms with Gasteiger partial charge >= 0.3 is 17.9 Å². The predicted molar refractivity (Wildman–Crippen MR) is 326 cm³/mol. The molecular formula is C69H134O6. The molecule has 0 aromatic rings. The zero-order chi connectivity index (χ0) is 54.3. The summed E-state index contributed by atoms with van der Waals surface area (Å²) in [5, 5.41) is 0. The van der Waals surface area contributed by atoms with Crippen molar-refractivity contribution in [1.82, 2.24) is 0 Å². The van der Waals surface area contributed by atoms with Gasteiger partial charge in [-0.05, 0) is 19.3 Å². The smallest absolute Gasteiger partial charge is 0.306 e. The summed E-state index contributed by atoms with van der Waals surface area (Å²) in [7, 11) is 0. The number of ether oxygens (including phenoxy) is 3. The van der Waals surface area contributed by atoms with Crippen molar-refractivity contribution in [3.8, 4) is 0 Å². The van der Waals surface area contributed by atoms with Gasteiger partial charge in [0.25, 0.3) is 0 Å². The Morgan fingerprint density at radius 2 is 0.360 bits per heavy atom. The first-order valence-electron chi connectivity index (χ1n) is 34.5. The van der Waals surface area contributed by atoms with Crippen LogP contribution in [0.2, 0.25) is 0 Å². The third-order valence-corrected chi connectivity index (χ3v) is 16.1. The third-order valence-electron chi connectivity index (χ3n) is 16.1. The molecule has 6 nitrogen and oxygen atoms in total. The van der Waals surface area contributed by atoms with Crippen LogP contribution in [0.1, 0.15) is 406 Å². The molecule has 6 heteroatoms. The van der Waals surface area contributed by atoms with Gasteiger partial charge in [-0.1, -0.05) is 367 Å². The summed E-state index contributed by atoms with van der Waals surface area (Å²) in [5.41, 5.74) is 0. The second-order valence-corrected chi connectivity index (χ2v) is 23.8. The average Bonchev–Trinajstić information content (AvgIpc) is 3.41. The Kier molecular flexibility index (Phi) is 63.6. The molecule has 0 saturated carbocycles. The molecule has 0 N–H and O–H groups in total. The van der Waals surface area contributed by atoms with Crippen LogP contribution in [0.3, 0.4) is 0 Å². The van der Waals surface area contributed by atoms with Gasteiger partial charge < -0.3 is 14.2 Å². The van der Waals surface area contributed by atoms with Crippen molar-refractivity contribution >= 4 is 17.9 Å². The zero-order valence-corrected chi connectivity index (χ0v) is 51.4. The van der Waals surface area contributed by atoms with E-state index in [0.717, 1.165) is 57.8 Å². The third kappa shape index (κ3) is 63.1. The first-order valence-corrected chi connectivity index (χ1v) is 34.5. The normalized spacial score (nSPS) is 11.9. The number of unbranched alkanes of at least 4 members (excludes halogenated alkanes) is 54. The Labute approximate surface area is 469 Å². The second kappa shape index (κ2) is 64.9. The van der Waals surface area contributed by atoms with E-state index in [2.05, 4.69) is 20.8 Å². The van der Waals surface area contributed by atoms with Gasteiger partial charge in [-0.25, -0.2) is 0 Å². The first-order chi connectivity index (χ1) is 37.0. The maximum atomic E-state index is 12.8. The van der Waals surface area contributed by atoms with Crippen LogP contribution in [-0.4, -0.2) is 37.2 Å². The molecule has 0 spiro atoms. The van der Waals surface area contributed by atoms with Gasteiger partial charge in [-0.2, -0.15) is 0 Å². The summed E-state index contributed by atoms with van der Waals surface area (Å²) in [6, 6.07) is 0. The molecule has 0 aromatic carbocycles. The summed E-state index contributed by atoms with van der Waals surface area (Å²) in [6.45, 7) is 6.67. The molecular weight excluding hydrogens is 925 g/mol. The van der Waals surface area contributed by atoms with Crippen molar-refractivity contribution in [3.63, 3.8) is 0 Å². The van der Waals surface area contributed by atoms with Gasteiger partial charge in [-0.3, -0.25) is 14.4 Å². The van der Waals surface area contributed by atoms with E-state index in [9.17, 15) is 14.4 Å². The van der Waals surface area contributed by atoms with E-state index in [4.69, 9.17) is 14.2 Å². The highest BCUT2D eigenvalue weighted by atomic mass is 16.6. The van der Waals surface area contributed by atoms with Gasteiger partial charge in [0.2, 0.25) is 0 Å². The van der Waals surface area contributed by atoms with Gasteiger partial charge in [-0.15, -0.1) is 0 Å². The minimum absolute atomic E-state index is 0.0618. The minimum Gasteiger partial charge on any atom is -0.462 e. The average molecular weight is 1060 g/mol. The maximum Gasteiger partial charge on any atom is 0.306 e. The van der Waals surface area contributed by atoms with E-state index in [1.165, 1.54) is 308 Å². The lowest BCUT2D eigenvalue weighted by Crippen LogP contribution is -2.30. The Balaban J connectivity index is 3.91. The Morgan fingerprint density at radius 1 is 0.213 bits per heavy atom. The number of rotatable bonds is 65. The fourth-order valence-electron chi connectivity index (χ4n) is 10.9. The number of carbonyl (C=O) groups excluding carboxylic acids is 3. The van der Waals surface area contributed by atoms with Crippen LogP contribution in [0.4, 0.5) is 0 Å². The van der Waals surface area contributed by atoms with Crippen LogP contribution in [0.15, 0.2) is 0 Å². The SMILES string of the molecule is CCCCCCCCCCCCCCCCCCCCCCCCCCCCCCCCCC(=O)OCC(COC(=O)CCCCCCCC)OC(=O)CCCCCCCCCCCCCCCCCCCCCC. The molecule has 0 bridgehead atoms. The minimum atomic E-state index is -0.761. The van der Waals surface area contributed by atoms with Crippen molar-refractivity contribution in [2.45, 2.75) is 412 Å². The van der Waals surface area contributed by atoms with Crippen LogP contribution in [-0.2, 0) is 28.6 Å². The van der Waals surface area contributed by atoms with E-state index in [1.54, 1.807) is 0 Å². The highest BCUT2D eigenvalue weighted by Crippen LogP contribution is 2.19. The van der Waals surface area contributed by atoms with Gasteiger partial charge in [0.05, 0.1) is 0 Å². The molecule has 0 aliphatic rings. The van der Waals surface area contributed by atoms with Crippen LogP contribution >= 0.6 is 0 Å². The lowest BCUT2D eigenvalue weighted by molar-refractivity contribution is -0.167. The quantitative estimate of drug-likeness (QED) is 0.0343. The Bertz CT molecular complexity index is 1120. The predicted octanol–water partition coefficient (Wildman–Crippen LogP) is 23.5. The molecule has 0 amide bonds. The van der Waals surface area contributed by atoms with Gasteiger partial charge in [0.15, 0.2) is 6.10 Å². The standard InChI is InChI=1S/C69H134O6/c1-4-7-10-13-16-18-20-22-24-26-28-30-31-32-33-34-35-36-37-38-39-40-42-43-45-47-49-51-53-56-59-62-68(71)74-65-66(64-73-67(70)61-58-55-15-12-9-6-3)75-69(72)63-60-57-54-52-50-48-46-44-41-29-27-25-23-21-19-17-14-11-8-5-2/h66H,4-65H2,1-3H3. The van der Waals surface area contributed by atoms with Crippen molar-refractivity contribution in [1.29, 1.82) is 0 Å². The summed E-state index contributed by atoms with van der Waals surface area (Å²) < 4.78 is 16.8. The lowest BCUT2D eigenvalue weighted by atomic mass is 10.0. The van der Waals surface area contributed by atoms with E-state index in [1.807, 2.05) is 0 Å². The molecule has 0 rings (SSSR count). The molecule has 0 heterocycles. The van der Waals surface area contributed by atoms with E-state index < -0.39 is 6.10 Å². The lowest BCUT2D eigenvalue weighted by Gasteiger charge is -2.18. The topological polar surface area (TPSA) is 78.9 Å². The molecule has 0 saturated heterocycles. The molecule has 1 atom stereocenters. The molecule has 0 fully saturated rings. The van der Waals surface area contributed by atoms with Crippen LogP contribution in [0.25, 0.3) is 0 Å². The van der Waals surface area contributed by atoms with E-state index in [0.29, 0.717) is 19.3 Å². The maximum absolute atomic E-state index is 12.8. The highest BCUT2D eigenvalue weighted by Gasteiger charge is 2.19. The van der Waals surface area contributed by atoms with Gasteiger partial charge in [0, 0.05) is 19.3 Å². The number of hydrogen-bond acceptors (Lipinski definition) is 6. The molecule has 446 valence electrons. The van der Waals surface area contributed by atoms with Crippen molar-refractivity contribution in [2.75, 3.05) is 13.2 Å². The molecule has 1 unspecified atom stereocenters. The summed E-state index contributed by atoms with van der Waals surface area (Å²) in [6.07, 6.45) is 76.1. The van der Waals surface area contributed by atoms with Crippen molar-refractivity contribution in [3.05, 3.63) is 0 Å². The molecule has 0 aromatic heterocycles. The highest BCUT2D eigenvalue weighted by molar-refractivity contribution is 5.71. The summed E-state index contributed by atoms with van der Waals surface area (Å²) in [4.78, 5) is 38.0. The van der Waals surface area contributed by atoms with E-state index >= 15 is 0 Å². The first kappa shape index (κ1) is 73.4.